The van der Waals surface area contributed by atoms with Gasteiger partial charge in [0.2, 0.25) is 0 Å². The summed E-state index contributed by atoms with van der Waals surface area (Å²) in [5.41, 5.74) is 6.81. The van der Waals surface area contributed by atoms with E-state index in [2.05, 4.69) is 10.6 Å². The Morgan fingerprint density at radius 2 is 1.83 bits per heavy atom. The lowest BCUT2D eigenvalue weighted by Gasteiger charge is -2.19. The van der Waals surface area contributed by atoms with Crippen LogP contribution in [-0.2, 0) is 4.74 Å². The van der Waals surface area contributed by atoms with Gasteiger partial charge in [-0.15, -0.1) is 0 Å². The van der Waals surface area contributed by atoms with E-state index in [-0.39, 0.29) is 0 Å². The first-order valence-electron chi connectivity index (χ1n) is 5.93. The number of anilines is 2. The van der Waals surface area contributed by atoms with Gasteiger partial charge in [0, 0.05) is 24.5 Å². The van der Waals surface area contributed by atoms with Crippen LogP contribution in [-0.4, -0.2) is 24.8 Å². The third-order valence-electron chi connectivity index (χ3n) is 2.03. The standard InChI is InChI=1S/C13H21N3O2/c1-13(2,3)18-12(17)16-9-8-15-11-6-4-10(14)5-7-11/h4-7,15H,8-9,14H2,1-3H3,(H,16,17). The Kier molecular flexibility index (Phi) is 4.83. The van der Waals surface area contributed by atoms with Crippen LogP contribution in [0.25, 0.3) is 0 Å². The van der Waals surface area contributed by atoms with Crippen molar-refractivity contribution in [3.8, 4) is 0 Å². The summed E-state index contributed by atoms with van der Waals surface area (Å²) in [6, 6.07) is 7.43. The molecule has 0 aliphatic rings. The van der Waals surface area contributed by atoms with Crippen molar-refractivity contribution in [1.29, 1.82) is 0 Å². The van der Waals surface area contributed by atoms with Crippen molar-refractivity contribution < 1.29 is 9.53 Å². The number of alkyl carbamates (subject to hydrolysis) is 1. The Labute approximate surface area is 108 Å². The van der Waals surface area contributed by atoms with Crippen LogP contribution in [0, 0.1) is 0 Å². The van der Waals surface area contributed by atoms with Gasteiger partial charge in [0.05, 0.1) is 0 Å². The number of hydrogen-bond acceptors (Lipinski definition) is 4. The van der Waals surface area contributed by atoms with Crippen LogP contribution in [0.4, 0.5) is 16.2 Å². The molecule has 1 rings (SSSR count). The lowest BCUT2D eigenvalue weighted by atomic mass is 10.2. The molecule has 0 saturated carbocycles. The molecule has 0 aliphatic carbocycles. The number of hydrogen-bond donors (Lipinski definition) is 3. The van der Waals surface area contributed by atoms with Gasteiger partial charge < -0.3 is 21.1 Å². The minimum Gasteiger partial charge on any atom is -0.444 e. The van der Waals surface area contributed by atoms with Gasteiger partial charge in [0.1, 0.15) is 5.60 Å². The van der Waals surface area contributed by atoms with Crippen LogP contribution in [0.5, 0.6) is 0 Å². The SMILES string of the molecule is CC(C)(C)OC(=O)NCCNc1ccc(N)cc1. The fraction of sp³-hybridized carbons (Fsp3) is 0.462. The highest BCUT2D eigenvalue weighted by Gasteiger charge is 2.15. The summed E-state index contributed by atoms with van der Waals surface area (Å²) in [4.78, 5) is 11.3. The van der Waals surface area contributed by atoms with E-state index in [9.17, 15) is 4.79 Å². The van der Waals surface area contributed by atoms with Gasteiger partial charge in [0.15, 0.2) is 0 Å². The molecule has 0 fully saturated rings. The van der Waals surface area contributed by atoms with Gasteiger partial charge in [-0.05, 0) is 45.0 Å². The zero-order valence-electron chi connectivity index (χ0n) is 11.1. The van der Waals surface area contributed by atoms with Crippen LogP contribution < -0.4 is 16.4 Å². The molecule has 0 atom stereocenters. The summed E-state index contributed by atoms with van der Waals surface area (Å²) >= 11 is 0. The highest BCUT2D eigenvalue weighted by Crippen LogP contribution is 2.09. The lowest BCUT2D eigenvalue weighted by Crippen LogP contribution is -2.34. The van der Waals surface area contributed by atoms with Crippen LogP contribution in [0.1, 0.15) is 20.8 Å². The second-order valence-corrected chi connectivity index (χ2v) is 4.98. The van der Waals surface area contributed by atoms with E-state index in [1.54, 1.807) is 0 Å². The van der Waals surface area contributed by atoms with Crippen molar-refractivity contribution >= 4 is 17.5 Å². The zero-order chi connectivity index (χ0) is 13.6. The Hall–Kier alpha value is -1.91. The van der Waals surface area contributed by atoms with E-state index in [1.165, 1.54) is 0 Å². The highest BCUT2D eigenvalue weighted by atomic mass is 16.6. The van der Waals surface area contributed by atoms with Crippen LogP contribution in [0.2, 0.25) is 0 Å². The van der Waals surface area contributed by atoms with Crippen molar-refractivity contribution in [1.82, 2.24) is 5.32 Å². The number of nitrogens with one attached hydrogen (secondary N) is 2. The molecule has 0 aliphatic heterocycles. The summed E-state index contributed by atoms with van der Waals surface area (Å²) < 4.78 is 5.11. The van der Waals surface area contributed by atoms with E-state index >= 15 is 0 Å². The second kappa shape index (κ2) is 6.14. The third-order valence-corrected chi connectivity index (χ3v) is 2.03. The average Bonchev–Trinajstić information content (AvgIpc) is 2.24. The normalized spacial score (nSPS) is 10.8. The molecule has 1 amide bonds. The molecule has 100 valence electrons. The molecule has 0 unspecified atom stereocenters. The predicted molar refractivity (Wildman–Crippen MR) is 73.6 cm³/mol. The second-order valence-electron chi connectivity index (χ2n) is 4.98. The van der Waals surface area contributed by atoms with E-state index in [1.807, 2.05) is 45.0 Å². The molecule has 0 heterocycles. The molecule has 18 heavy (non-hydrogen) atoms. The summed E-state index contributed by atoms with van der Waals surface area (Å²) in [5.74, 6) is 0. The average molecular weight is 251 g/mol. The number of amides is 1. The number of carbonyl (C=O) groups is 1. The van der Waals surface area contributed by atoms with E-state index < -0.39 is 11.7 Å². The third kappa shape index (κ3) is 5.98. The van der Waals surface area contributed by atoms with Crippen molar-refractivity contribution in [2.45, 2.75) is 26.4 Å². The first kappa shape index (κ1) is 14.2. The minimum atomic E-state index is -0.464. The molecular formula is C13H21N3O2. The molecule has 5 heteroatoms. The predicted octanol–water partition coefficient (Wildman–Crippen LogP) is 2.21. The quantitative estimate of drug-likeness (QED) is 0.566. The summed E-state index contributed by atoms with van der Waals surface area (Å²) in [6.45, 7) is 6.63. The van der Waals surface area contributed by atoms with E-state index in [0.29, 0.717) is 13.1 Å². The fourth-order valence-corrected chi connectivity index (χ4v) is 1.29. The topological polar surface area (TPSA) is 76.4 Å². The van der Waals surface area contributed by atoms with E-state index in [4.69, 9.17) is 10.5 Å². The molecule has 0 bridgehead atoms. The first-order valence-corrected chi connectivity index (χ1v) is 5.93. The number of benzene rings is 1. The molecule has 0 spiro atoms. The van der Waals surface area contributed by atoms with Gasteiger partial charge in [-0.2, -0.15) is 0 Å². The summed E-state index contributed by atoms with van der Waals surface area (Å²) in [7, 11) is 0. The van der Waals surface area contributed by atoms with Crippen molar-refractivity contribution in [3.05, 3.63) is 24.3 Å². The van der Waals surface area contributed by atoms with Gasteiger partial charge in [-0.25, -0.2) is 4.79 Å². The van der Waals surface area contributed by atoms with E-state index in [0.717, 1.165) is 11.4 Å². The van der Waals surface area contributed by atoms with Crippen LogP contribution >= 0.6 is 0 Å². The van der Waals surface area contributed by atoms with Crippen LogP contribution in [0.3, 0.4) is 0 Å². The monoisotopic (exact) mass is 251 g/mol. The molecule has 4 N–H and O–H groups in total. The Balaban J connectivity index is 2.19. The Morgan fingerprint density at radius 3 is 2.39 bits per heavy atom. The van der Waals surface area contributed by atoms with Gasteiger partial charge in [-0.3, -0.25) is 0 Å². The maximum Gasteiger partial charge on any atom is 0.407 e. The maximum atomic E-state index is 11.3. The number of ether oxygens (including phenoxy) is 1. The largest absolute Gasteiger partial charge is 0.444 e. The number of nitrogens with two attached hydrogens (primary N) is 1. The smallest absolute Gasteiger partial charge is 0.407 e. The molecular weight excluding hydrogens is 230 g/mol. The van der Waals surface area contributed by atoms with Crippen LogP contribution in [0.15, 0.2) is 24.3 Å². The maximum absolute atomic E-state index is 11.3. The molecule has 1 aromatic carbocycles. The molecule has 5 nitrogen and oxygen atoms in total. The first-order chi connectivity index (χ1) is 8.37. The number of carbonyl (C=O) groups excluding carboxylic acids is 1. The van der Waals surface area contributed by atoms with Crippen molar-refractivity contribution in [2.24, 2.45) is 0 Å². The molecule has 0 radical (unpaired) electrons. The zero-order valence-corrected chi connectivity index (χ0v) is 11.1. The molecule has 0 aromatic heterocycles. The van der Waals surface area contributed by atoms with Crippen molar-refractivity contribution in [2.75, 3.05) is 24.1 Å². The highest BCUT2D eigenvalue weighted by molar-refractivity contribution is 5.67. The fourth-order valence-electron chi connectivity index (χ4n) is 1.29. The molecule has 1 aromatic rings. The van der Waals surface area contributed by atoms with Gasteiger partial charge >= 0.3 is 6.09 Å². The summed E-state index contributed by atoms with van der Waals surface area (Å²) in [6.07, 6.45) is -0.401. The Morgan fingerprint density at radius 1 is 1.22 bits per heavy atom. The van der Waals surface area contributed by atoms with Gasteiger partial charge in [-0.1, -0.05) is 0 Å². The van der Waals surface area contributed by atoms with Gasteiger partial charge in [0.25, 0.3) is 0 Å². The summed E-state index contributed by atoms with van der Waals surface area (Å²) in [5, 5.41) is 5.84. The molecule has 0 saturated heterocycles. The number of nitrogen functional groups attached to an aromatic ring is 1. The number of rotatable bonds is 4. The minimum absolute atomic E-state index is 0.401. The van der Waals surface area contributed by atoms with Crippen molar-refractivity contribution in [3.63, 3.8) is 0 Å². The Bertz CT molecular complexity index is 382. The lowest BCUT2D eigenvalue weighted by molar-refractivity contribution is 0.0530.